The predicted molar refractivity (Wildman–Crippen MR) is 108 cm³/mol. The average Bonchev–Trinajstić information content (AvgIpc) is 3.07. The Morgan fingerprint density at radius 3 is 2.93 bits per heavy atom. The number of fused-ring (bicyclic) bond motifs is 2. The third-order valence-corrected chi connectivity index (χ3v) is 5.18. The molecular weight excluding hydrogens is 364 g/mol. The van der Waals surface area contributed by atoms with Gasteiger partial charge in [0.25, 0.3) is 5.56 Å². The number of aromatic nitrogens is 2. The van der Waals surface area contributed by atoms with Crippen LogP contribution in [-0.4, -0.2) is 22.4 Å². The third-order valence-electron chi connectivity index (χ3n) is 4.94. The zero-order valence-corrected chi connectivity index (χ0v) is 15.8. The number of rotatable bonds is 3. The highest BCUT2D eigenvalue weighted by Crippen LogP contribution is 2.33. The number of pyridine rings is 2. The van der Waals surface area contributed by atoms with Gasteiger partial charge in [-0.2, -0.15) is 0 Å². The lowest BCUT2D eigenvalue weighted by Gasteiger charge is -2.18. The Hall–Kier alpha value is -2.86. The number of hydrogen-bond acceptors (Lipinski definition) is 4. The minimum Gasteiger partial charge on any atom is -0.363 e. The molecule has 0 fully saturated rings. The molecule has 3 aromatic rings. The monoisotopic (exact) mass is 382 g/mol. The van der Waals surface area contributed by atoms with Crippen molar-refractivity contribution in [3.63, 3.8) is 0 Å². The lowest BCUT2D eigenvalue weighted by atomic mass is 10.1. The molecule has 27 heavy (non-hydrogen) atoms. The molecule has 1 aliphatic heterocycles. The summed E-state index contributed by atoms with van der Waals surface area (Å²) in [4.78, 5) is 33.4. The second-order valence-electron chi connectivity index (χ2n) is 6.73. The van der Waals surface area contributed by atoms with Gasteiger partial charge in [-0.3, -0.25) is 9.59 Å². The second-order valence-corrected chi connectivity index (χ2v) is 7.17. The first-order valence-electron chi connectivity index (χ1n) is 8.79. The Labute approximate surface area is 161 Å². The van der Waals surface area contributed by atoms with Crippen molar-refractivity contribution >= 4 is 39.9 Å². The number of aromatic amines is 1. The number of H-pyrrole nitrogens is 1. The van der Waals surface area contributed by atoms with Crippen molar-refractivity contribution in [3.05, 3.63) is 63.0 Å². The van der Waals surface area contributed by atoms with Crippen LogP contribution in [-0.2, 0) is 11.2 Å². The van der Waals surface area contributed by atoms with Crippen LogP contribution in [0.25, 0.3) is 10.9 Å². The zero-order chi connectivity index (χ0) is 19.1. The molecule has 1 aliphatic rings. The van der Waals surface area contributed by atoms with E-state index in [0.29, 0.717) is 22.9 Å². The van der Waals surface area contributed by atoms with E-state index in [2.05, 4.69) is 15.3 Å². The van der Waals surface area contributed by atoms with Crippen LogP contribution in [0.1, 0.15) is 31.0 Å². The molecule has 4 rings (SSSR count). The van der Waals surface area contributed by atoms with Gasteiger partial charge in [-0.05, 0) is 43.7 Å². The van der Waals surface area contributed by atoms with Gasteiger partial charge in [0.05, 0.1) is 11.7 Å². The van der Waals surface area contributed by atoms with Gasteiger partial charge in [0.1, 0.15) is 5.82 Å². The maximum Gasteiger partial charge on any atom is 0.253 e. The summed E-state index contributed by atoms with van der Waals surface area (Å²) in [6.07, 6.45) is 2.42. The van der Waals surface area contributed by atoms with Crippen molar-refractivity contribution in [2.45, 2.75) is 26.3 Å². The first-order chi connectivity index (χ1) is 12.9. The topological polar surface area (TPSA) is 78.1 Å². The SMILES string of the molecule is CC(=O)N1CCc2c1ccnc2N[C@@H](C)c1cc2cc(Cl)ccc2[nH]c1=O. The van der Waals surface area contributed by atoms with Crippen molar-refractivity contribution in [3.8, 4) is 0 Å². The van der Waals surface area contributed by atoms with Crippen LogP contribution in [0, 0.1) is 0 Å². The molecule has 1 atom stereocenters. The highest BCUT2D eigenvalue weighted by atomic mass is 35.5. The van der Waals surface area contributed by atoms with E-state index < -0.39 is 0 Å². The smallest absolute Gasteiger partial charge is 0.253 e. The second kappa shape index (κ2) is 6.70. The Morgan fingerprint density at radius 2 is 2.15 bits per heavy atom. The number of benzene rings is 1. The van der Waals surface area contributed by atoms with Crippen molar-refractivity contribution in [1.82, 2.24) is 9.97 Å². The van der Waals surface area contributed by atoms with Gasteiger partial charge in [0, 0.05) is 46.7 Å². The van der Waals surface area contributed by atoms with Crippen LogP contribution < -0.4 is 15.8 Å². The van der Waals surface area contributed by atoms with Gasteiger partial charge in [0.2, 0.25) is 5.91 Å². The largest absolute Gasteiger partial charge is 0.363 e. The zero-order valence-electron chi connectivity index (χ0n) is 15.0. The Kier molecular flexibility index (Phi) is 4.36. The molecule has 0 aliphatic carbocycles. The molecule has 0 spiro atoms. The summed E-state index contributed by atoms with van der Waals surface area (Å²) in [7, 11) is 0. The van der Waals surface area contributed by atoms with Crippen molar-refractivity contribution < 1.29 is 4.79 Å². The molecule has 6 nitrogen and oxygen atoms in total. The van der Waals surface area contributed by atoms with E-state index in [4.69, 9.17) is 11.6 Å². The van der Waals surface area contributed by atoms with Gasteiger partial charge in [-0.25, -0.2) is 4.98 Å². The quantitative estimate of drug-likeness (QED) is 0.724. The number of amides is 1. The molecule has 1 aromatic carbocycles. The van der Waals surface area contributed by atoms with Crippen LogP contribution in [0.3, 0.4) is 0 Å². The van der Waals surface area contributed by atoms with Crippen LogP contribution >= 0.6 is 11.6 Å². The van der Waals surface area contributed by atoms with Crippen LogP contribution in [0.5, 0.6) is 0 Å². The van der Waals surface area contributed by atoms with Crippen LogP contribution in [0.2, 0.25) is 5.02 Å². The molecule has 138 valence electrons. The fourth-order valence-electron chi connectivity index (χ4n) is 3.58. The Morgan fingerprint density at radius 1 is 1.33 bits per heavy atom. The standard InChI is InChI=1S/C20H19ClN4O2/c1-11(16-10-13-9-14(21)3-4-17(13)24-20(16)27)23-19-15-6-8-25(12(2)26)18(15)5-7-22-19/h3-5,7,9-11H,6,8H2,1-2H3,(H,22,23)(H,24,27)/t11-/m0/s1. The number of carbonyl (C=O) groups is 1. The fourth-order valence-corrected chi connectivity index (χ4v) is 3.76. The van der Waals surface area contributed by atoms with E-state index in [0.717, 1.165) is 28.6 Å². The first-order valence-corrected chi connectivity index (χ1v) is 9.17. The molecule has 3 heterocycles. The van der Waals surface area contributed by atoms with E-state index in [-0.39, 0.29) is 17.5 Å². The molecular formula is C20H19ClN4O2. The van der Waals surface area contributed by atoms with Gasteiger partial charge >= 0.3 is 0 Å². The third kappa shape index (κ3) is 3.17. The fraction of sp³-hybridized carbons (Fsp3) is 0.250. The van der Waals surface area contributed by atoms with E-state index in [1.54, 1.807) is 30.2 Å². The summed E-state index contributed by atoms with van der Waals surface area (Å²) in [6, 6.07) is 8.81. The van der Waals surface area contributed by atoms with Crippen molar-refractivity contribution in [2.75, 3.05) is 16.8 Å². The number of anilines is 2. The molecule has 0 saturated heterocycles. The maximum atomic E-state index is 12.5. The summed E-state index contributed by atoms with van der Waals surface area (Å²) < 4.78 is 0. The molecule has 2 aromatic heterocycles. The number of nitrogens with one attached hydrogen (secondary N) is 2. The maximum absolute atomic E-state index is 12.5. The normalized spacial score (nSPS) is 14.3. The van der Waals surface area contributed by atoms with Crippen molar-refractivity contribution in [1.29, 1.82) is 0 Å². The van der Waals surface area contributed by atoms with E-state index in [1.807, 2.05) is 25.1 Å². The Bertz CT molecular complexity index is 1110. The summed E-state index contributed by atoms with van der Waals surface area (Å²) >= 11 is 6.07. The van der Waals surface area contributed by atoms with Crippen molar-refractivity contribution in [2.24, 2.45) is 0 Å². The number of nitrogens with zero attached hydrogens (tertiary/aromatic N) is 2. The lowest BCUT2D eigenvalue weighted by molar-refractivity contribution is -0.116. The number of hydrogen-bond donors (Lipinski definition) is 2. The summed E-state index contributed by atoms with van der Waals surface area (Å²) in [5.41, 5.74) is 3.08. The molecule has 1 amide bonds. The molecule has 7 heteroatoms. The number of halogens is 1. The lowest BCUT2D eigenvalue weighted by Crippen LogP contribution is -2.25. The Balaban J connectivity index is 1.69. The summed E-state index contributed by atoms with van der Waals surface area (Å²) in [5.74, 6) is 0.719. The van der Waals surface area contributed by atoms with Gasteiger partial charge in [-0.1, -0.05) is 11.6 Å². The van der Waals surface area contributed by atoms with Crippen LogP contribution in [0.4, 0.5) is 11.5 Å². The predicted octanol–water partition coefficient (Wildman–Crippen LogP) is 3.66. The van der Waals surface area contributed by atoms with Gasteiger partial charge < -0.3 is 15.2 Å². The van der Waals surface area contributed by atoms with E-state index >= 15 is 0 Å². The average molecular weight is 383 g/mol. The highest BCUT2D eigenvalue weighted by Gasteiger charge is 2.26. The molecule has 0 radical (unpaired) electrons. The minimum atomic E-state index is -0.262. The first kappa shape index (κ1) is 17.5. The van der Waals surface area contributed by atoms with Gasteiger partial charge in [-0.15, -0.1) is 0 Å². The van der Waals surface area contributed by atoms with Crippen LogP contribution in [0.15, 0.2) is 41.3 Å². The summed E-state index contributed by atoms with van der Waals surface area (Å²) in [5, 5.41) is 4.83. The summed E-state index contributed by atoms with van der Waals surface area (Å²) in [6.45, 7) is 4.12. The van der Waals surface area contributed by atoms with E-state index in [9.17, 15) is 9.59 Å². The number of carbonyl (C=O) groups excluding carboxylic acids is 1. The van der Waals surface area contributed by atoms with E-state index in [1.165, 1.54) is 0 Å². The molecule has 2 N–H and O–H groups in total. The minimum absolute atomic E-state index is 0.0156. The highest BCUT2D eigenvalue weighted by molar-refractivity contribution is 6.31. The molecule has 0 saturated carbocycles. The van der Waals surface area contributed by atoms with Gasteiger partial charge in [0.15, 0.2) is 0 Å². The molecule has 0 unspecified atom stereocenters. The molecule has 0 bridgehead atoms.